The van der Waals surface area contributed by atoms with Crippen LogP contribution >= 0.6 is 0 Å². The maximum Gasteiger partial charge on any atom is 0.255 e. The predicted octanol–water partition coefficient (Wildman–Crippen LogP) is 1.32. The minimum atomic E-state index is -2.69. The molecule has 2 N–H and O–H groups in total. The molecular weight excluding hydrogens is 370 g/mol. The maximum atomic E-state index is 13.0. The van der Waals surface area contributed by atoms with Crippen LogP contribution < -0.4 is 10.2 Å². The van der Waals surface area contributed by atoms with Gasteiger partial charge in [-0.05, 0) is 6.08 Å². The van der Waals surface area contributed by atoms with Crippen LogP contribution in [0.5, 0.6) is 0 Å². The predicted molar refractivity (Wildman–Crippen MR) is 98.3 cm³/mol. The van der Waals surface area contributed by atoms with Gasteiger partial charge in [0.1, 0.15) is 11.3 Å². The summed E-state index contributed by atoms with van der Waals surface area (Å²) in [6, 6.07) is -0.529. The molecule has 2 aromatic heterocycles. The highest BCUT2D eigenvalue weighted by Gasteiger charge is 2.46. The Morgan fingerprint density at radius 2 is 2.00 bits per heavy atom. The molecule has 2 fully saturated rings. The number of alkyl halides is 2. The van der Waals surface area contributed by atoms with Gasteiger partial charge < -0.3 is 20.1 Å². The van der Waals surface area contributed by atoms with Crippen molar-refractivity contribution in [3.05, 3.63) is 30.6 Å². The number of halogens is 2. The van der Waals surface area contributed by atoms with Gasteiger partial charge in [0.25, 0.3) is 11.8 Å². The zero-order valence-electron chi connectivity index (χ0n) is 15.1. The van der Waals surface area contributed by atoms with Crippen LogP contribution in [0.3, 0.4) is 0 Å². The Balaban J connectivity index is 1.48. The quantitative estimate of drug-likeness (QED) is 0.768. The van der Waals surface area contributed by atoms with Crippen LogP contribution in [-0.2, 0) is 4.79 Å². The van der Waals surface area contributed by atoms with E-state index in [1.807, 2.05) is 4.90 Å². The van der Waals surface area contributed by atoms with E-state index in [9.17, 15) is 18.4 Å². The summed E-state index contributed by atoms with van der Waals surface area (Å²) in [4.78, 5) is 39.6. The van der Waals surface area contributed by atoms with E-state index in [-0.39, 0.29) is 24.3 Å². The molecule has 0 aromatic carbocycles. The first-order chi connectivity index (χ1) is 13.4. The summed E-state index contributed by atoms with van der Waals surface area (Å²) in [5.74, 6) is -2.64. The fourth-order valence-corrected chi connectivity index (χ4v) is 3.52. The Hall–Kier alpha value is -3.04. The largest absolute Gasteiger partial charge is 0.352 e. The third kappa shape index (κ3) is 3.41. The fourth-order valence-electron chi connectivity index (χ4n) is 3.52. The van der Waals surface area contributed by atoms with Crippen LogP contribution in [0, 0.1) is 0 Å². The Morgan fingerprint density at radius 1 is 1.29 bits per heavy atom. The highest BCUT2D eigenvalue weighted by atomic mass is 19.3. The number of fused-ring (bicyclic) bond motifs is 1. The van der Waals surface area contributed by atoms with Crippen molar-refractivity contribution in [2.45, 2.75) is 24.8 Å². The number of amides is 2. The van der Waals surface area contributed by atoms with Crippen molar-refractivity contribution in [3.63, 3.8) is 0 Å². The number of anilines is 1. The van der Waals surface area contributed by atoms with Crippen molar-refractivity contribution < 1.29 is 18.4 Å². The summed E-state index contributed by atoms with van der Waals surface area (Å²) >= 11 is 0. The molecule has 0 atom stereocenters. The Bertz CT molecular complexity index is 927. The van der Waals surface area contributed by atoms with Crippen LogP contribution in [-0.4, -0.2) is 69.8 Å². The monoisotopic (exact) mass is 390 g/mol. The number of piperazine rings is 1. The highest BCUT2D eigenvalue weighted by Crippen LogP contribution is 2.37. The summed E-state index contributed by atoms with van der Waals surface area (Å²) in [6.07, 6.45) is 3.71. The average Bonchev–Trinajstić information content (AvgIpc) is 3.09. The van der Waals surface area contributed by atoms with Crippen molar-refractivity contribution in [1.29, 1.82) is 0 Å². The first-order valence-electron chi connectivity index (χ1n) is 9.05. The number of nitrogens with zero attached hydrogens (tertiary/aromatic N) is 4. The van der Waals surface area contributed by atoms with Crippen molar-refractivity contribution in [2.24, 2.45) is 0 Å². The summed E-state index contributed by atoms with van der Waals surface area (Å²) < 4.78 is 26.0. The highest BCUT2D eigenvalue weighted by molar-refractivity contribution is 6.04. The van der Waals surface area contributed by atoms with Crippen LogP contribution in [0.4, 0.5) is 14.6 Å². The Labute approximate surface area is 159 Å². The van der Waals surface area contributed by atoms with Crippen LogP contribution in [0.1, 0.15) is 23.2 Å². The molecule has 1 aliphatic heterocycles. The van der Waals surface area contributed by atoms with Crippen molar-refractivity contribution in [2.75, 3.05) is 31.1 Å². The number of hydrogen-bond acceptors (Lipinski definition) is 5. The lowest BCUT2D eigenvalue weighted by Gasteiger charge is -2.35. The number of aromatic amines is 1. The molecule has 10 heteroatoms. The molecule has 3 heterocycles. The molecule has 2 aliphatic rings. The minimum absolute atomic E-state index is 0.104. The number of carbonyl (C=O) groups excluding carboxylic acids is 2. The lowest BCUT2D eigenvalue weighted by atomic mass is 9.88. The third-order valence-corrected chi connectivity index (χ3v) is 5.13. The molecule has 0 bridgehead atoms. The van der Waals surface area contributed by atoms with Gasteiger partial charge in [-0.2, -0.15) is 0 Å². The van der Waals surface area contributed by atoms with Gasteiger partial charge in [0.05, 0.1) is 11.8 Å². The summed E-state index contributed by atoms with van der Waals surface area (Å²) in [7, 11) is 0. The summed E-state index contributed by atoms with van der Waals surface area (Å²) in [5.41, 5.74) is 1.12. The molecule has 148 valence electrons. The van der Waals surface area contributed by atoms with Gasteiger partial charge in [-0.1, -0.05) is 6.58 Å². The maximum absolute atomic E-state index is 13.0. The van der Waals surface area contributed by atoms with Gasteiger partial charge in [0.15, 0.2) is 5.65 Å². The van der Waals surface area contributed by atoms with E-state index in [1.54, 1.807) is 11.1 Å². The molecule has 2 aromatic rings. The third-order valence-electron chi connectivity index (χ3n) is 5.13. The first-order valence-corrected chi connectivity index (χ1v) is 9.05. The number of H-pyrrole nitrogens is 1. The summed E-state index contributed by atoms with van der Waals surface area (Å²) in [6.45, 7) is 5.75. The zero-order valence-corrected chi connectivity index (χ0v) is 15.1. The molecule has 1 saturated heterocycles. The van der Waals surface area contributed by atoms with E-state index in [0.29, 0.717) is 43.2 Å². The molecule has 28 heavy (non-hydrogen) atoms. The van der Waals surface area contributed by atoms with E-state index < -0.39 is 17.9 Å². The SMILES string of the molecule is C=CC(=O)N1CCN(c2cnc3[nH]cc(C(=O)NC4CC(F)(F)C4)c3n2)CC1. The molecular formula is C18H20F2N6O2. The number of rotatable bonds is 4. The molecule has 0 spiro atoms. The smallest absolute Gasteiger partial charge is 0.255 e. The number of carbonyl (C=O) groups is 2. The molecule has 1 aliphatic carbocycles. The van der Waals surface area contributed by atoms with Gasteiger partial charge in [-0.3, -0.25) is 9.59 Å². The molecule has 4 rings (SSSR count). The fraction of sp³-hybridized carbons (Fsp3) is 0.444. The van der Waals surface area contributed by atoms with Crippen molar-refractivity contribution >= 4 is 28.8 Å². The number of hydrogen-bond donors (Lipinski definition) is 2. The molecule has 8 nitrogen and oxygen atoms in total. The lowest BCUT2D eigenvalue weighted by Crippen LogP contribution is -2.50. The van der Waals surface area contributed by atoms with Gasteiger partial charge in [0, 0.05) is 51.3 Å². The van der Waals surface area contributed by atoms with Crippen molar-refractivity contribution in [3.8, 4) is 0 Å². The Morgan fingerprint density at radius 3 is 2.64 bits per heavy atom. The van der Waals surface area contributed by atoms with E-state index in [2.05, 4.69) is 26.8 Å². The number of aromatic nitrogens is 3. The lowest BCUT2D eigenvalue weighted by molar-refractivity contribution is -0.126. The van der Waals surface area contributed by atoms with E-state index in [0.717, 1.165) is 0 Å². The topological polar surface area (TPSA) is 94.2 Å². The second-order valence-corrected chi connectivity index (χ2v) is 7.08. The van der Waals surface area contributed by atoms with Gasteiger partial charge in [0.2, 0.25) is 5.91 Å². The van der Waals surface area contributed by atoms with Gasteiger partial charge in [-0.25, -0.2) is 18.7 Å². The summed E-state index contributed by atoms with van der Waals surface area (Å²) in [5, 5.41) is 2.62. The standard InChI is InChI=1S/C18H20F2N6O2/c1-2-14(27)26-5-3-25(4-6-26)13-10-22-16-15(24-13)12(9-21-16)17(28)23-11-7-18(19,20)8-11/h2,9-11H,1,3-8H2,(H,21,22)(H,23,28). The van der Waals surface area contributed by atoms with E-state index in [1.165, 1.54) is 12.3 Å². The molecule has 1 saturated carbocycles. The molecule has 0 unspecified atom stereocenters. The number of nitrogens with one attached hydrogen (secondary N) is 2. The zero-order chi connectivity index (χ0) is 19.9. The second-order valence-electron chi connectivity index (χ2n) is 7.08. The van der Waals surface area contributed by atoms with Crippen LogP contribution in [0.2, 0.25) is 0 Å². The van der Waals surface area contributed by atoms with Crippen LogP contribution in [0.25, 0.3) is 11.2 Å². The van der Waals surface area contributed by atoms with Crippen LogP contribution in [0.15, 0.2) is 25.0 Å². The van der Waals surface area contributed by atoms with E-state index >= 15 is 0 Å². The van der Waals surface area contributed by atoms with Gasteiger partial charge in [-0.15, -0.1) is 0 Å². The average molecular weight is 390 g/mol. The normalized spacial score (nSPS) is 19.4. The minimum Gasteiger partial charge on any atom is -0.352 e. The second kappa shape index (κ2) is 6.84. The molecule has 2 amide bonds. The van der Waals surface area contributed by atoms with Crippen molar-refractivity contribution in [1.82, 2.24) is 25.2 Å². The van der Waals surface area contributed by atoms with E-state index in [4.69, 9.17) is 0 Å². The Kier molecular flexibility index (Phi) is 4.48. The molecule has 0 radical (unpaired) electrons. The van der Waals surface area contributed by atoms with Gasteiger partial charge >= 0.3 is 0 Å². The first kappa shape index (κ1) is 18.3.